The zero-order chi connectivity index (χ0) is 27.1. The number of nitrogens with zero attached hydrogens (tertiary/aromatic N) is 3. The number of halogens is 5. The highest BCUT2D eigenvalue weighted by atomic mass is 35.5. The monoisotopic (exact) mass is 563 g/mol. The second-order valence-corrected chi connectivity index (χ2v) is 10.6. The molecule has 13 heteroatoms. The van der Waals surface area contributed by atoms with Crippen LogP contribution in [-0.4, -0.2) is 42.3 Å². The summed E-state index contributed by atoms with van der Waals surface area (Å²) in [6.07, 6.45) is 0.222. The highest BCUT2D eigenvalue weighted by Gasteiger charge is 2.46. The molecule has 4 heterocycles. The molecule has 4 aromatic rings. The molecule has 1 fully saturated rings. The van der Waals surface area contributed by atoms with Gasteiger partial charge in [-0.05, 0) is 48.0 Å². The van der Waals surface area contributed by atoms with Crippen LogP contribution in [0.1, 0.15) is 5.56 Å². The van der Waals surface area contributed by atoms with Gasteiger partial charge < -0.3 is 5.32 Å². The van der Waals surface area contributed by atoms with E-state index in [-0.39, 0.29) is 28.8 Å². The van der Waals surface area contributed by atoms with Crippen molar-refractivity contribution in [1.82, 2.24) is 19.9 Å². The number of nitrogens with one attached hydrogen (secondary N) is 2. The number of pyridine rings is 2. The largest absolute Gasteiger partial charge is 0.394 e. The van der Waals surface area contributed by atoms with Crippen molar-refractivity contribution >= 4 is 32.8 Å². The number of fused-ring (bicyclic) bond motifs is 1. The van der Waals surface area contributed by atoms with Gasteiger partial charge >= 0.3 is 6.18 Å². The van der Waals surface area contributed by atoms with Gasteiger partial charge in [0.2, 0.25) is 0 Å². The topological polar surface area (TPSA) is 88.4 Å². The first kappa shape index (κ1) is 26.0. The fourth-order valence-corrected chi connectivity index (χ4v) is 5.36. The van der Waals surface area contributed by atoms with E-state index in [0.29, 0.717) is 22.2 Å². The second-order valence-electron chi connectivity index (χ2n) is 8.61. The van der Waals surface area contributed by atoms with Crippen molar-refractivity contribution in [2.24, 2.45) is 11.8 Å². The molecule has 0 amide bonds. The Bertz CT molecular complexity index is 1680. The molecule has 2 N–H and O–H groups in total. The molecule has 0 saturated carbocycles. The van der Waals surface area contributed by atoms with Crippen LogP contribution in [0.3, 0.4) is 0 Å². The average molecular weight is 564 g/mol. The molecule has 2 atom stereocenters. The quantitative estimate of drug-likeness (QED) is 0.213. The summed E-state index contributed by atoms with van der Waals surface area (Å²) in [6.45, 7) is -0.0206. The van der Waals surface area contributed by atoms with E-state index in [1.165, 1.54) is 23.0 Å². The smallest absolute Gasteiger partial charge is 0.315 e. The summed E-state index contributed by atoms with van der Waals surface area (Å²) in [7, 11) is -4.07. The highest BCUT2D eigenvalue weighted by molar-refractivity contribution is 7.92. The van der Waals surface area contributed by atoms with E-state index in [4.69, 9.17) is 11.6 Å². The van der Waals surface area contributed by atoms with E-state index in [1.54, 1.807) is 18.3 Å². The zero-order valence-electron chi connectivity index (χ0n) is 19.3. The Kier molecular flexibility index (Phi) is 6.77. The van der Waals surface area contributed by atoms with Gasteiger partial charge in [-0.25, -0.2) is 22.3 Å². The zero-order valence-corrected chi connectivity index (χ0v) is 20.9. The third kappa shape index (κ3) is 5.31. The van der Waals surface area contributed by atoms with Gasteiger partial charge in [-0.1, -0.05) is 23.4 Å². The lowest BCUT2D eigenvalue weighted by molar-refractivity contribution is -0.174. The average Bonchev–Trinajstić information content (AvgIpc) is 3.51. The van der Waals surface area contributed by atoms with Gasteiger partial charge in [-0.3, -0.25) is 4.72 Å². The number of hydrogen-bond acceptors (Lipinski definition) is 5. The van der Waals surface area contributed by atoms with E-state index >= 15 is 0 Å². The molecular formula is C25H18ClF4N5O2S. The Hall–Kier alpha value is -3.66. The summed E-state index contributed by atoms with van der Waals surface area (Å²) in [5, 5.41) is 6.85. The first-order valence-corrected chi connectivity index (χ1v) is 13.1. The Morgan fingerprint density at radius 1 is 1.08 bits per heavy atom. The van der Waals surface area contributed by atoms with E-state index in [1.807, 2.05) is 0 Å². The number of hydrogen-bond donors (Lipinski definition) is 2. The number of benzene rings is 1. The molecule has 0 radical (unpaired) electrons. The SMILES string of the molecule is O=S(=O)(Nc1cc(-c2ccn3ncc(C#CC4CNCC4C(F)(F)F)c3c2)cnc1Cl)c1ccc(F)cc1. The fourth-order valence-electron chi connectivity index (χ4n) is 4.10. The number of rotatable bonds is 4. The predicted octanol–water partition coefficient (Wildman–Crippen LogP) is 4.74. The lowest BCUT2D eigenvalue weighted by Gasteiger charge is -2.16. The lowest BCUT2D eigenvalue weighted by atomic mass is 9.96. The van der Waals surface area contributed by atoms with Crippen molar-refractivity contribution in [2.75, 3.05) is 17.8 Å². The summed E-state index contributed by atoms with van der Waals surface area (Å²) in [4.78, 5) is 3.91. The molecule has 1 saturated heterocycles. The molecule has 7 nitrogen and oxygen atoms in total. The predicted molar refractivity (Wildman–Crippen MR) is 133 cm³/mol. The number of aromatic nitrogens is 3. The molecule has 1 aromatic carbocycles. The van der Waals surface area contributed by atoms with Crippen LogP contribution in [0.25, 0.3) is 16.6 Å². The number of anilines is 1. The van der Waals surface area contributed by atoms with Gasteiger partial charge in [0.15, 0.2) is 5.15 Å². The van der Waals surface area contributed by atoms with E-state index in [2.05, 4.69) is 32.0 Å². The van der Waals surface area contributed by atoms with Crippen LogP contribution in [0.4, 0.5) is 23.2 Å². The molecule has 196 valence electrons. The normalized spacial score (nSPS) is 17.8. The van der Waals surface area contributed by atoms with Crippen molar-refractivity contribution in [3.05, 3.63) is 77.6 Å². The number of alkyl halides is 3. The van der Waals surface area contributed by atoms with E-state index < -0.39 is 33.9 Å². The van der Waals surface area contributed by atoms with Crippen molar-refractivity contribution < 1.29 is 26.0 Å². The summed E-state index contributed by atoms with van der Waals surface area (Å²) in [5.41, 5.74) is 2.12. The minimum absolute atomic E-state index is 0.00816. The molecule has 0 spiro atoms. The molecule has 1 aliphatic heterocycles. The van der Waals surface area contributed by atoms with Crippen molar-refractivity contribution in [3.8, 4) is 23.0 Å². The highest BCUT2D eigenvalue weighted by Crippen LogP contribution is 2.34. The van der Waals surface area contributed by atoms with Crippen LogP contribution in [0, 0.1) is 29.5 Å². The van der Waals surface area contributed by atoms with Crippen LogP contribution in [0.2, 0.25) is 5.15 Å². The maximum absolute atomic E-state index is 13.2. The number of sulfonamides is 1. The third-order valence-electron chi connectivity index (χ3n) is 6.09. The first-order chi connectivity index (χ1) is 18.0. The standard InChI is InChI=1S/C25H18ClF4N5O2S/c26-24-22(34-38(36,37)20-5-3-19(27)4-6-20)9-18(12-32-24)15-7-8-35-23(10-15)17(13-33-35)2-1-16-11-31-14-21(16)25(28,29)30/h3-10,12-13,16,21,31,34H,11,14H2. The molecule has 5 rings (SSSR count). The third-order valence-corrected chi connectivity index (χ3v) is 7.77. The van der Waals surface area contributed by atoms with E-state index in [9.17, 15) is 26.0 Å². The van der Waals surface area contributed by atoms with Gasteiger partial charge in [-0.15, -0.1) is 0 Å². The van der Waals surface area contributed by atoms with Gasteiger partial charge in [0.05, 0.1) is 33.8 Å². The van der Waals surface area contributed by atoms with Gasteiger partial charge in [0, 0.05) is 37.0 Å². The molecule has 1 aliphatic rings. The Balaban J connectivity index is 1.45. The van der Waals surface area contributed by atoms with Gasteiger partial charge in [0.1, 0.15) is 5.82 Å². The molecular weight excluding hydrogens is 546 g/mol. The van der Waals surface area contributed by atoms with Gasteiger partial charge in [-0.2, -0.15) is 18.3 Å². The van der Waals surface area contributed by atoms with Crippen molar-refractivity contribution in [3.63, 3.8) is 0 Å². The molecule has 38 heavy (non-hydrogen) atoms. The van der Waals surface area contributed by atoms with Crippen LogP contribution in [0.15, 0.2) is 66.0 Å². The lowest BCUT2D eigenvalue weighted by Crippen LogP contribution is -2.29. The minimum atomic E-state index is -4.34. The molecule has 3 aromatic heterocycles. The molecule has 2 unspecified atom stereocenters. The maximum atomic E-state index is 13.2. The van der Waals surface area contributed by atoms with Crippen LogP contribution >= 0.6 is 11.6 Å². The molecule has 0 bridgehead atoms. The van der Waals surface area contributed by atoms with Gasteiger partial charge in [0.25, 0.3) is 10.0 Å². The van der Waals surface area contributed by atoms with Crippen LogP contribution < -0.4 is 10.0 Å². The summed E-state index contributed by atoms with van der Waals surface area (Å²) in [6, 6.07) is 9.21. The maximum Gasteiger partial charge on any atom is 0.394 e. The Labute approximate surface area is 219 Å². The molecule has 0 aliphatic carbocycles. The van der Waals surface area contributed by atoms with Crippen molar-refractivity contribution in [1.29, 1.82) is 0 Å². The minimum Gasteiger partial charge on any atom is -0.315 e. The Morgan fingerprint density at radius 2 is 1.84 bits per heavy atom. The van der Waals surface area contributed by atoms with Crippen molar-refractivity contribution in [2.45, 2.75) is 11.1 Å². The summed E-state index contributed by atoms with van der Waals surface area (Å²) in [5.74, 6) is 2.59. The fraction of sp³-hybridized carbons (Fsp3) is 0.200. The van der Waals surface area contributed by atoms with Crippen LogP contribution in [0.5, 0.6) is 0 Å². The summed E-state index contributed by atoms with van der Waals surface area (Å²) >= 11 is 6.14. The second kappa shape index (κ2) is 9.90. The summed E-state index contributed by atoms with van der Waals surface area (Å²) < 4.78 is 82.3. The van der Waals surface area contributed by atoms with E-state index in [0.717, 1.165) is 24.3 Å². The first-order valence-electron chi connectivity index (χ1n) is 11.2. The Morgan fingerprint density at radius 3 is 2.58 bits per heavy atom. The van der Waals surface area contributed by atoms with Crippen LogP contribution in [-0.2, 0) is 10.0 Å².